The summed E-state index contributed by atoms with van der Waals surface area (Å²) in [6.07, 6.45) is 3.37. The topological polar surface area (TPSA) is 80.8 Å². The average Bonchev–Trinajstić information content (AvgIpc) is 2.99. The first-order valence-electron chi connectivity index (χ1n) is 9.77. The van der Waals surface area contributed by atoms with E-state index >= 15 is 0 Å². The van der Waals surface area contributed by atoms with E-state index in [-0.39, 0.29) is 40.7 Å². The lowest BCUT2D eigenvalue weighted by Gasteiger charge is -2.19. The molecule has 148 valence electrons. The number of para-hydroxylation sites is 1. The van der Waals surface area contributed by atoms with Crippen LogP contribution in [0, 0.1) is 11.8 Å². The minimum atomic E-state index is -0.655. The van der Waals surface area contributed by atoms with Crippen LogP contribution in [0.25, 0.3) is 0 Å². The Morgan fingerprint density at radius 3 is 2.24 bits per heavy atom. The van der Waals surface area contributed by atoms with Crippen molar-refractivity contribution in [2.75, 3.05) is 4.90 Å². The molecule has 0 spiro atoms. The molecule has 0 bridgehead atoms. The Labute approximate surface area is 168 Å². The summed E-state index contributed by atoms with van der Waals surface area (Å²) < 4.78 is 5.41. The molecule has 0 radical (unpaired) electrons. The van der Waals surface area contributed by atoms with E-state index in [9.17, 15) is 19.2 Å². The summed E-state index contributed by atoms with van der Waals surface area (Å²) >= 11 is 0. The Hall–Kier alpha value is -3.28. The maximum Gasteiger partial charge on any atom is 0.343 e. The third kappa shape index (κ3) is 3.46. The van der Waals surface area contributed by atoms with E-state index in [0.29, 0.717) is 11.3 Å². The Kier molecular flexibility index (Phi) is 5.01. The number of carbonyl (C=O) groups excluding carboxylic acids is 4. The molecule has 4 rings (SSSR count). The Morgan fingerprint density at radius 1 is 0.931 bits per heavy atom. The number of esters is 1. The van der Waals surface area contributed by atoms with Gasteiger partial charge in [-0.1, -0.05) is 31.0 Å². The van der Waals surface area contributed by atoms with E-state index in [1.165, 1.54) is 17.9 Å². The molecule has 1 saturated carbocycles. The van der Waals surface area contributed by atoms with Crippen LogP contribution in [0.3, 0.4) is 0 Å². The molecule has 0 N–H and O–H groups in total. The van der Waals surface area contributed by atoms with Crippen LogP contribution in [0.5, 0.6) is 5.75 Å². The molecule has 2 fully saturated rings. The van der Waals surface area contributed by atoms with Gasteiger partial charge in [0.2, 0.25) is 11.8 Å². The molecule has 2 aliphatic rings. The highest BCUT2D eigenvalue weighted by Gasteiger charge is 2.48. The van der Waals surface area contributed by atoms with Gasteiger partial charge in [0, 0.05) is 0 Å². The zero-order valence-corrected chi connectivity index (χ0v) is 16.1. The quantitative estimate of drug-likeness (QED) is 0.343. The number of rotatable bonds is 4. The van der Waals surface area contributed by atoms with Crippen molar-refractivity contribution >= 4 is 29.3 Å². The number of imide groups is 1. The molecule has 6 nitrogen and oxygen atoms in total. The van der Waals surface area contributed by atoms with Gasteiger partial charge < -0.3 is 4.74 Å². The van der Waals surface area contributed by atoms with Gasteiger partial charge in [-0.15, -0.1) is 0 Å². The molecular weight excluding hydrogens is 370 g/mol. The summed E-state index contributed by atoms with van der Waals surface area (Å²) in [5, 5.41) is 0. The van der Waals surface area contributed by atoms with Crippen molar-refractivity contribution in [1.82, 2.24) is 0 Å². The minimum absolute atomic E-state index is 0.176. The third-order valence-corrected chi connectivity index (χ3v) is 5.65. The fourth-order valence-corrected chi connectivity index (χ4v) is 4.19. The second kappa shape index (κ2) is 7.62. The molecule has 1 aliphatic carbocycles. The molecule has 2 aromatic carbocycles. The van der Waals surface area contributed by atoms with Gasteiger partial charge in [0.25, 0.3) is 0 Å². The first-order chi connectivity index (χ1) is 14.0. The number of ether oxygens (including phenoxy) is 1. The Morgan fingerprint density at radius 2 is 1.59 bits per heavy atom. The summed E-state index contributed by atoms with van der Waals surface area (Å²) in [5.41, 5.74) is 0.894. The van der Waals surface area contributed by atoms with Gasteiger partial charge in [-0.25, -0.2) is 4.79 Å². The van der Waals surface area contributed by atoms with Crippen molar-refractivity contribution in [2.24, 2.45) is 11.8 Å². The lowest BCUT2D eigenvalue weighted by Crippen LogP contribution is -2.31. The van der Waals surface area contributed by atoms with Gasteiger partial charge >= 0.3 is 5.97 Å². The zero-order chi connectivity index (χ0) is 20.5. The minimum Gasteiger partial charge on any atom is -0.422 e. The monoisotopic (exact) mass is 391 g/mol. The normalized spacial score (nSPS) is 21.1. The highest BCUT2D eigenvalue weighted by atomic mass is 16.5. The van der Waals surface area contributed by atoms with Crippen LogP contribution >= 0.6 is 0 Å². The van der Waals surface area contributed by atoms with Crippen molar-refractivity contribution in [2.45, 2.75) is 32.6 Å². The Bertz CT molecular complexity index is 988. The van der Waals surface area contributed by atoms with Crippen LogP contribution in [-0.2, 0) is 9.59 Å². The van der Waals surface area contributed by atoms with Crippen molar-refractivity contribution in [1.29, 1.82) is 0 Å². The second-order valence-electron chi connectivity index (χ2n) is 7.50. The summed E-state index contributed by atoms with van der Waals surface area (Å²) in [5.74, 6) is -1.58. The molecular formula is C23H21NO5. The van der Waals surface area contributed by atoms with Crippen molar-refractivity contribution in [3.05, 3.63) is 59.7 Å². The number of hydrogen-bond acceptors (Lipinski definition) is 5. The van der Waals surface area contributed by atoms with Gasteiger partial charge in [-0.3, -0.25) is 19.3 Å². The molecule has 6 heteroatoms. The van der Waals surface area contributed by atoms with E-state index in [0.717, 1.165) is 25.7 Å². The maximum atomic E-state index is 12.8. The van der Waals surface area contributed by atoms with Crippen molar-refractivity contribution in [3.8, 4) is 5.75 Å². The molecule has 2 amide bonds. The van der Waals surface area contributed by atoms with E-state index in [1.807, 2.05) is 0 Å². The summed E-state index contributed by atoms with van der Waals surface area (Å²) in [6.45, 7) is 1.40. The van der Waals surface area contributed by atoms with Crippen LogP contribution in [0.4, 0.5) is 5.69 Å². The molecule has 2 aromatic rings. The summed E-state index contributed by atoms with van der Waals surface area (Å²) in [7, 11) is 0. The number of hydrogen-bond donors (Lipinski definition) is 0. The number of anilines is 1. The average molecular weight is 391 g/mol. The molecule has 29 heavy (non-hydrogen) atoms. The molecule has 1 saturated heterocycles. The van der Waals surface area contributed by atoms with Crippen LogP contribution in [0.1, 0.15) is 53.3 Å². The van der Waals surface area contributed by atoms with Crippen LogP contribution in [-0.4, -0.2) is 23.6 Å². The smallest absolute Gasteiger partial charge is 0.343 e. The highest BCUT2D eigenvalue weighted by Crippen LogP contribution is 2.40. The molecule has 0 aromatic heterocycles. The predicted octanol–water partition coefficient (Wildman–Crippen LogP) is 3.79. The fraction of sp³-hybridized carbons (Fsp3) is 0.304. The molecule has 2 unspecified atom stereocenters. The van der Waals surface area contributed by atoms with Crippen molar-refractivity contribution < 1.29 is 23.9 Å². The molecule has 1 heterocycles. The molecule has 1 aliphatic heterocycles. The van der Waals surface area contributed by atoms with Gasteiger partial charge in [0.15, 0.2) is 5.78 Å². The summed E-state index contributed by atoms with van der Waals surface area (Å²) in [6, 6.07) is 12.8. The van der Waals surface area contributed by atoms with Crippen LogP contribution in [0.15, 0.2) is 48.5 Å². The Balaban J connectivity index is 1.59. The first-order valence-corrected chi connectivity index (χ1v) is 9.77. The fourth-order valence-electron chi connectivity index (χ4n) is 4.19. The number of benzene rings is 2. The number of carbonyl (C=O) groups is 4. The van der Waals surface area contributed by atoms with Crippen LogP contribution < -0.4 is 9.64 Å². The van der Waals surface area contributed by atoms with Gasteiger partial charge in [-0.05, 0) is 50.1 Å². The van der Waals surface area contributed by atoms with E-state index in [1.54, 1.807) is 42.5 Å². The van der Waals surface area contributed by atoms with E-state index in [4.69, 9.17) is 4.74 Å². The number of fused-ring (bicyclic) bond motifs is 1. The highest BCUT2D eigenvalue weighted by molar-refractivity contribution is 6.22. The second-order valence-corrected chi connectivity index (χ2v) is 7.50. The van der Waals surface area contributed by atoms with Crippen LogP contribution in [0.2, 0.25) is 0 Å². The van der Waals surface area contributed by atoms with Crippen molar-refractivity contribution in [3.63, 3.8) is 0 Å². The lowest BCUT2D eigenvalue weighted by atomic mass is 9.81. The van der Waals surface area contributed by atoms with Gasteiger partial charge in [0.1, 0.15) is 5.75 Å². The number of ketones is 1. The lowest BCUT2D eigenvalue weighted by molar-refractivity contribution is -0.122. The number of amides is 2. The largest absolute Gasteiger partial charge is 0.422 e. The maximum absolute atomic E-state index is 12.8. The zero-order valence-electron chi connectivity index (χ0n) is 16.1. The number of nitrogens with zero attached hydrogens (tertiary/aromatic N) is 1. The number of Topliss-reactive ketones (excluding diaryl/α,β-unsaturated/α-hetero) is 1. The van der Waals surface area contributed by atoms with Gasteiger partial charge in [0.05, 0.1) is 28.7 Å². The van der Waals surface area contributed by atoms with E-state index < -0.39 is 5.97 Å². The van der Waals surface area contributed by atoms with Gasteiger partial charge in [-0.2, -0.15) is 0 Å². The third-order valence-electron chi connectivity index (χ3n) is 5.65. The standard InChI is InChI=1S/C23H21NO5/c1-14(25)17-9-4-5-12-20(17)29-23(28)15-7-6-8-16(13-15)24-21(26)18-10-2-3-11-19(18)22(24)27/h4-9,12-13,18-19H,2-3,10-11H2,1H3. The molecule has 2 atom stereocenters. The summed E-state index contributed by atoms with van der Waals surface area (Å²) in [4.78, 5) is 51.2. The first kappa shape index (κ1) is 19.1. The van der Waals surface area contributed by atoms with E-state index in [2.05, 4.69) is 0 Å². The predicted molar refractivity (Wildman–Crippen MR) is 106 cm³/mol. The SMILES string of the molecule is CC(=O)c1ccccc1OC(=O)c1cccc(N2C(=O)C3CCCCC3C2=O)c1.